The van der Waals surface area contributed by atoms with Gasteiger partial charge in [-0.1, -0.05) is 13.0 Å². The van der Waals surface area contributed by atoms with E-state index in [0.29, 0.717) is 0 Å². The molecule has 0 bridgehead atoms. The fraction of sp³-hybridized carbons (Fsp3) is 0.462. The molecule has 1 aliphatic rings. The van der Waals surface area contributed by atoms with Crippen LogP contribution in [0.1, 0.15) is 24.7 Å². The molecule has 0 saturated carbocycles. The van der Waals surface area contributed by atoms with Gasteiger partial charge in [0.15, 0.2) is 0 Å². The molecule has 2 aromatic rings. The second-order valence-electron chi connectivity index (χ2n) is 4.77. The van der Waals surface area contributed by atoms with Crippen LogP contribution in [0.4, 0.5) is 0 Å². The monoisotopic (exact) mass is 200 g/mol. The van der Waals surface area contributed by atoms with Gasteiger partial charge in [-0.25, -0.2) is 4.98 Å². The number of hydrogen-bond donors (Lipinski definition) is 0. The molecular weight excluding hydrogens is 184 g/mol. The number of nitrogens with zero attached hydrogens (tertiary/aromatic N) is 2. The molecule has 1 aliphatic heterocycles. The smallest absolute Gasteiger partial charge is 0.109 e. The van der Waals surface area contributed by atoms with Crippen LogP contribution in [0.3, 0.4) is 0 Å². The molecule has 78 valence electrons. The Bertz CT molecular complexity index is 510. The van der Waals surface area contributed by atoms with Gasteiger partial charge in [0.2, 0.25) is 0 Å². The van der Waals surface area contributed by atoms with Crippen LogP contribution in [-0.4, -0.2) is 9.55 Å². The number of rotatable bonds is 0. The number of imidazole rings is 1. The highest BCUT2D eigenvalue weighted by Crippen LogP contribution is 2.25. The van der Waals surface area contributed by atoms with Crippen LogP contribution in [-0.2, 0) is 13.0 Å². The quantitative estimate of drug-likeness (QED) is 0.639. The molecule has 0 amide bonds. The minimum absolute atomic E-state index is 0.788. The van der Waals surface area contributed by atoms with Gasteiger partial charge in [0, 0.05) is 13.0 Å². The van der Waals surface area contributed by atoms with Crippen LogP contribution in [0, 0.1) is 12.8 Å². The van der Waals surface area contributed by atoms with Crippen molar-refractivity contribution in [3.05, 3.63) is 29.6 Å². The van der Waals surface area contributed by atoms with Crippen molar-refractivity contribution < 1.29 is 0 Å². The number of aromatic nitrogens is 2. The molecule has 2 heteroatoms. The van der Waals surface area contributed by atoms with Gasteiger partial charge < -0.3 is 4.57 Å². The Balaban J connectivity index is 2.24. The first kappa shape index (κ1) is 8.96. The van der Waals surface area contributed by atoms with Gasteiger partial charge >= 0.3 is 0 Å². The lowest BCUT2D eigenvalue weighted by Gasteiger charge is -2.20. The van der Waals surface area contributed by atoms with Crippen molar-refractivity contribution in [2.24, 2.45) is 5.92 Å². The minimum Gasteiger partial charge on any atom is -0.328 e. The van der Waals surface area contributed by atoms with Crippen molar-refractivity contribution in [2.75, 3.05) is 0 Å². The third kappa shape index (κ3) is 1.36. The summed E-state index contributed by atoms with van der Waals surface area (Å²) in [5, 5.41) is 0. The lowest BCUT2D eigenvalue weighted by molar-refractivity contribution is 0.400. The molecule has 0 N–H and O–H groups in total. The van der Waals surface area contributed by atoms with E-state index >= 15 is 0 Å². The Morgan fingerprint density at radius 1 is 1.40 bits per heavy atom. The third-order valence-electron chi connectivity index (χ3n) is 3.34. The first-order chi connectivity index (χ1) is 7.24. The number of benzene rings is 1. The molecule has 0 fully saturated rings. The van der Waals surface area contributed by atoms with Gasteiger partial charge in [-0.05, 0) is 37.0 Å². The fourth-order valence-corrected chi connectivity index (χ4v) is 2.46. The van der Waals surface area contributed by atoms with Crippen LogP contribution in [0.15, 0.2) is 18.2 Å². The largest absolute Gasteiger partial charge is 0.328 e. The highest BCUT2D eigenvalue weighted by atomic mass is 15.1. The van der Waals surface area contributed by atoms with Crippen molar-refractivity contribution in [3.63, 3.8) is 0 Å². The lowest BCUT2D eigenvalue weighted by atomic mass is 10.0. The van der Waals surface area contributed by atoms with E-state index in [0.717, 1.165) is 18.9 Å². The normalized spacial score (nSPS) is 20.5. The van der Waals surface area contributed by atoms with Gasteiger partial charge in [-0.15, -0.1) is 0 Å². The molecule has 2 heterocycles. The van der Waals surface area contributed by atoms with Crippen molar-refractivity contribution in [3.8, 4) is 0 Å². The topological polar surface area (TPSA) is 17.8 Å². The van der Waals surface area contributed by atoms with E-state index in [-0.39, 0.29) is 0 Å². The number of aryl methyl sites for hydroxylation is 2. The van der Waals surface area contributed by atoms with Gasteiger partial charge in [0.25, 0.3) is 0 Å². The molecule has 0 unspecified atom stereocenters. The molecule has 0 radical (unpaired) electrons. The molecule has 2 nitrogen and oxygen atoms in total. The van der Waals surface area contributed by atoms with Crippen LogP contribution < -0.4 is 0 Å². The molecule has 1 aromatic carbocycles. The van der Waals surface area contributed by atoms with E-state index in [2.05, 4.69) is 36.6 Å². The zero-order valence-electron chi connectivity index (χ0n) is 9.33. The van der Waals surface area contributed by atoms with Gasteiger partial charge in [-0.2, -0.15) is 0 Å². The average molecular weight is 200 g/mol. The average Bonchev–Trinajstić information content (AvgIpc) is 2.54. The van der Waals surface area contributed by atoms with Crippen molar-refractivity contribution in [1.82, 2.24) is 9.55 Å². The van der Waals surface area contributed by atoms with Gasteiger partial charge in [0.1, 0.15) is 5.82 Å². The molecule has 0 saturated heterocycles. The zero-order chi connectivity index (χ0) is 10.4. The van der Waals surface area contributed by atoms with E-state index in [9.17, 15) is 0 Å². The summed E-state index contributed by atoms with van der Waals surface area (Å²) in [7, 11) is 0. The summed E-state index contributed by atoms with van der Waals surface area (Å²) in [4.78, 5) is 4.71. The number of hydrogen-bond acceptors (Lipinski definition) is 1. The second kappa shape index (κ2) is 3.09. The zero-order valence-corrected chi connectivity index (χ0v) is 9.33. The van der Waals surface area contributed by atoms with Crippen LogP contribution in [0.2, 0.25) is 0 Å². The standard InChI is InChI=1S/C13H16N2/c1-9-3-5-12-11(7-9)14-13-6-4-10(2)8-15(12)13/h3,5,7,10H,4,6,8H2,1-2H3/t10-/m0/s1. The maximum atomic E-state index is 4.71. The highest BCUT2D eigenvalue weighted by Gasteiger charge is 2.18. The molecule has 1 atom stereocenters. The maximum Gasteiger partial charge on any atom is 0.109 e. The molecular formula is C13H16N2. The van der Waals surface area contributed by atoms with Crippen molar-refractivity contribution in [1.29, 1.82) is 0 Å². The first-order valence-corrected chi connectivity index (χ1v) is 5.70. The highest BCUT2D eigenvalue weighted by molar-refractivity contribution is 5.77. The fourth-order valence-electron chi connectivity index (χ4n) is 2.46. The van der Waals surface area contributed by atoms with E-state index in [1.165, 1.54) is 28.8 Å². The van der Waals surface area contributed by atoms with Gasteiger partial charge in [-0.3, -0.25) is 0 Å². The summed E-state index contributed by atoms with van der Waals surface area (Å²) in [6.45, 7) is 5.58. The summed E-state index contributed by atoms with van der Waals surface area (Å²) >= 11 is 0. The van der Waals surface area contributed by atoms with Crippen molar-refractivity contribution >= 4 is 11.0 Å². The Hall–Kier alpha value is -1.31. The molecule has 1 aromatic heterocycles. The molecule has 0 aliphatic carbocycles. The maximum absolute atomic E-state index is 4.71. The SMILES string of the molecule is Cc1ccc2c(c1)nc1n2C[C@@H](C)CC1. The molecule has 0 spiro atoms. The van der Waals surface area contributed by atoms with Crippen LogP contribution in [0.5, 0.6) is 0 Å². The predicted molar refractivity (Wildman–Crippen MR) is 62.0 cm³/mol. The summed E-state index contributed by atoms with van der Waals surface area (Å²) in [5.41, 5.74) is 3.77. The van der Waals surface area contributed by atoms with E-state index < -0.39 is 0 Å². The molecule has 3 rings (SSSR count). The van der Waals surface area contributed by atoms with E-state index in [4.69, 9.17) is 4.98 Å². The Morgan fingerprint density at radius 3 is 3.13 bits per heavy atom. The predicted octanol–water partition coefficient (Wildman–Crippen LogP) is 2.93. The minimum atomic E-state index is 0.788. The van der Waals surface area contributed by atoms with Crippen molar-refractivity contribution in [2.45, 2.75) is 33.2 Å². The third-order valence-corrected chi connectivity index (χ3v) is 3.34. The van der Waals surface area contributed by atoms with Gasteiger partial charge in [0.05, 0.1) is 11.0 Å². The summed E-state index contributed by atoms with van der Waals surface area (Å²) in [6, 6.07) is 6.57. The van der Waals surface area contributed by atoms with Crippen LogP contribution >= 0.6 is 0 Å². The Labute approximate surface area is 89.9 Å². The van der Waals surface area contributed by atoms with Crippen LogP contribution in [0.25, 0.3) is 11.0 Å². The molecule has 15 heavy (non-hydrogen) atoms. The summed E-state index contributed by atoms with van der Waals surface area (Å²) < 4.78 is 2.39. The second-order valence-corrected chi connectivity index (χ2v) is 4.77. The Kier molecular flexibility index (Phi) is 1.84. The van der Waals surface area contributed by atoms with E-state index in [1.807, 2.05) is 0 Å². The first-order valence-electron chi connectivity index (χ1n) is 5.70. The summed E-state index contributed by atoms with van der Waals surface area (Å²) in [6.07, 6.45) is 2.41. The summed E-state index contributed by atoms with van der Waals surface area (Å²) in [5.74, 6) is 2.06. The van der Waals surface area contributed by atoms with E-state index in [1.54, 1.807) is 0 Å². The number of fused-ring (bicyclic) bond motifs is 3. The Morgan fingerprint density at radius 2 is 2.27 bits per heavy atom. The lowest BCUT2D eigenvalue weighted by Crippen LogP contribution is -2.17.